The maximum absolute atomic E-state index is 13.8. The van der Waals surface area contributed by atoms with Crippen molar-refractivity contribution in [3.63, 3.8) is 0 Å². The number of ether oxygens (including phenoxy) is 1. The van der Waals surface area contributed by atoms with Gasteiger partial charge in [-0.1, -0.05) is 12.1 Å². The molecule has 0 radical (unpaired) electrons. The number of phenols is 1. The predicted octanol–water partition coefficient (Wildman–Crippen LogP) is 2.82. The van der Waals surface area contributed by atoms with E-state index in [0.29, 0.717) is 5.75 Å². The van der Waals surface area contributed by atoms with Crippen LogP contribution in [-0.4, -0.2) is 17.3 Å². The lowest BCUT2D eigenvalue weighted by atomic mass is 10.0. The van der Waals surface area contributed by atoms with E-state index in [1.54, 1.807) is 18.2 Å². The van der Waals surface area contributed by atoms with E-state index in [9.17, 15) is 14.6 Å². The number of hydrogen-bond acceptors (Lipinski definition) is 3. The number of halogens is 1. The van der Waals surface area contributed by atoms with Gasteiger partial charge in [-0.2, -0.15) is 0 Å². The Morgan fingerprint density at radius 2 is 1.84 bits per heavy atom. The van der Waals surface area contributed by atoms with E-state index in [1.165, 1.54) is 31.4 Å². The van der Waals surface area contributed by atoms with Crippen LogP contribution in [-0.2, 0) is 6.42 Å². The maximum Gasteiger partial charge on any atom is 0.132 e. The van der Waals surface area contributed by atoms with Gasteiger partial charge in [0.25, 0.3) is 0 Å². The van der Waals surface area contributed by atoms with Gasteiger partial charge in [0.15, 0.2) is 0 Å². The fraction of sp³-hybridized carbons (Fsp3) is 0.200. The van der Waals surface area contributed by atoms with Gasteiger partial charge >= 0.3 is 0 Å². The fourth-order valence-electron chi connectivity index (χ4n) is 1.87. The van der Waals surface area contributed by atoms with E-state index in [1.807, 2.05) is 0 Å². The topological polar surface area (TPSA) is 49.7 Å². The predicted molar refractivity (Wildman–Crippen MR) is 69.7 cm³/mol. The first-order valence-corrected chi connectivity index (χ1v) is 5.89. The molecule has 100 valence electrons. The van der Waals surface area contributed by atoms with Crippen molar-refractivity contribution in [2.75, 3.05) is 7.11 Å². The first-order chi connectivity index (χ1) is 9.10. The van der Waals surface area contributed by atoms with Crippen LogP contribution in [0.1, 0.15) is 17.2 Å². The summed E-state index contributed by atoms with van der Waals surface area (Å²) < 4.78 is 18.7. The molecule has 4 heteroatoms. The first kappa shape index (κ1) is 13.4. The lowest BCUT2D eigenvalue weighted by molar-refractivity contribution is 0.173. The standard InChI is InChI=1S/C15H15FO3/c1-19-12-6-7-13(14(16)9-12)15(18)8-10-2-4-11(17)5-3-10/h2-7,9,15,17-18H,8H2,1H3. The molecule has 0 aliphatic carbocycles. The summed E-state index contributed by atoms with van der Waals surface area (Å²) in [7, 11) is 1.46. The molecule has 1 atom stereocenters. The highest BCUT2D eigenvalue weighted by Gasteiger charge is 2.14. The van der Waals surface area contributed by atoms with E-state index in [0.717, 1.165) is 5.56 Å². The van der Waals surface area contributed by atoms with Gasteiger partial charge < -0.3 is 14.9 Å². The Hall–Kier alpha value is -2.07. The normalized spacial score (nSPS) is 12.2. The summed E-state index contributed by atoms with van der Waals surface area (Å²) in [5, 5.41) is 19.2. The Bertz CT molecular complexity index is 552. The van der Waals surface area contributed by atoms with Gasteiger partial charge in [-0.15, -0.1) is 0 Å². The second kappa shape index (κ2) is 5.71. The van der Waals surface area contributed by atoms with Crippen LogP contribution in [0.25, 0.3) is 0 Å². The van der Waals surface area contributed by atoms with Crippen LogP contribution in [0.15, 0.2) is 42.5 Å². The van der Waals surface area contributed by atoms with Crippen molar-refractivity contribution >= 4 is 0 Å². The first-order valence-electron chi connectivity index (χ1n) is 5.89. The molecule has 0 aliphatic rings. The third-order valence-electron chi connectivity index (χ3n) is 2.93. The lowest BCUT2D eigenvalue weighted by Crippen LogP contribution is -2.04. The Morgan fingerprint density at radius 3 is 2.42 bits per heavy atom. The van der Waals surface area contributed by atoms with Crippen molar-refractivity contribution < 1.29 is 19.3 Å². The van der Waals surface area contributed by atoms with E-state index >= 15 is 0 Å². The molecule has 2 rings (SSSR count). The molecule has 0 saturated heterocycles. The molecular weight excluding hydrogens is 247 g/mol. The Kier molecular flexibility index (Phi) is 4.02. The van der Waals surface area contributed by atoms with Gasteiger partial charge in [0.1, 0.15) is 17.3 Å². The van der Waals surface area contributed by atoms with Gasteiger partial charge in [0, 0.05) is 18.1 Å². The van der Waals surface area contributed by atoms with E-state index in [2.05, 4.69) is 0 Å². The van der Waals surface area contributed by atoms with Crippen molar-refractivity contribution in [2.45, 2.75) is 12.5 Å². The maximum atomic E-state index is 13.8. The van der Waals surface area contributed by atoms with Crippen molar-refractivity contribution in [1.29, 1.82) is 0 Å². The van der Waals surface area contributed by atoms with E-state index in [4.69, 9.17) is 4.74 Å². The van der Waals surface area contributed by atoms with Crippen LogP contribution in [0.3, 0.4) is 0 Å². The average Bonchev–Trinajstić information content (AvgIpc) is 2.41. The second-order valence-electron chi connectivity index (χ2n) is 4.27. The molecule has 3 nitrogen and oxygen atoms in total. The number of hydrogen-bond donors (Lipinski definition) is 2. The molecule has 0 fully saturated rings. The summed E-state index contributed by atoms with van der Waals surface area (Å²) in [6.45, 7) is 0. The molecule has 0 aromatic heterocycles. The van der Waals surface area contributed by atoms with Crippen LogP contribution in [0.5, 0.6) is 11.5 Å². The molecule has 0 bridgehead atoms. The van der Waals surface area contributed by atoms with Crippen LogP contribution in [0.4, 0.5) is 4.39 Å². The fourth-order valence-corrected chi connectivity index (χ4v) is 1.87. The molecule has 0 aliphatic heterocycles. The summed E-state index contributed by atoms with van der Waals surface area (Å²) in [5.41, 5.74) is 1.05. The van der Waals surface area contributed by atoms with Gasteiger partial charge in [0.2, 0.25) is 0 Å². The van der Waals surface area contributed by atoms with Crippen LogP contribution >= 0.6 is 0 Å². The van der Waals surface area contributed by atoms with Gasteiger partial charge in [-0.05, 0) is 29.8 Å². The average molecular weight is 262 g/mol. The summed E-state index contributed by atoms with van der Waals surface area (Å²) in [5.74, 6) is 0.0811. The van der Waals surface area contributed by atoms with Crippen molar-refractivity contribution in [3.05, 3.63) is 59.4 Å². The third kappa shape index (κ3) is 3.23. The largest absolute Gasteiger partial charge is 0.508 e. The summed E-state index contributed by atoms with van der Waals surface area (Å²) >= 11 is 0. The molecule has 2 aromatic carbocycles. The Labute approximate surface area is 110 Å². The number of aliphatic hydroxyl groups is 1. The second-order valence-corrected chi connectivity index (χ2v) is 4.27. The highest BCUT2D eigenvalue weighted by molar-refractivity contribution is 5.32. The number of rotatable bonds is 4. The number of aliphatic hydroxyl groups excluding tert-OH is 1. The minimum atomic E-state index is -0.935. The SMILES string of the molecule is COc1ccc(C(O)Cc2ccc(O)cc2)c(F)c1. The minimum Gasteiger partial charge on any atom is -0.508 e. The Balaban J connectivity index is 2.15. The van der Waals surface area contributed by atoms with Crippen LogP contribution in [0, 0.1) is 5.82 Å². The number of benzene rings is 2. The molecule has 0 amide bonds. The third-order valence-corrected chi connectivity index (χ3v) is 2.93. The summed E-state index contributed by atoms with van der Waals surface area (Å²) in [6.07, 6.45) is -0.653. The zero-order chi connectivity index (χ0) is 13.8. The van der Waals surface area contributed by atoms with Gasteiger partial charge in [0.05, 0.1) is 13.2 Å². The summed E-state index contributed by atoms with van der Waals surface area (Å²) in [4.78, 5) is 0. The van der Waals surface area contributed by atoms with Crippen molar-refractivity contribution in [1.82, 2.24) is 0 Å². The van der Waals surface area contributed by atoms with Crippen LogP contribution < -0.4 is 4.74 Å². The van der Waals surface area contributed by atoms with Crippen molar-refractivity contribution in [3.8, 4) is 11.5 Å². The molecule has 2 aromatic rings. The quantitative estimate of drug-likeness (QED) is 0.890. The van der Waals surface area contributed by atoms with E-state index in [-0.39, 0.29) is 17.7 Å². The number of aromatic hydroxyl groups is 1. The van der Waals surface area contributed by atoms with Gasteiger partial charge in [-0.25, -0.2) is 4.39 Å². The number of phenolic OH excluding ortho intramolecular Hbond substituents is 1. The molecule has 0 spiro atoms. The molecular formula is C15H15FO3. The molecule has 19 heavy (non-hydrogen) atoms. The highest BCUT2D eigenvalue weighted by atomic mass is 19.1. The molecule has 2 N–H and O–H groups in total. The van der Waals surface area contributed by atoms with Crippen molar-refractivity contribution in [2.24, 2.45) is 0 Å². The lowest BCUT2D eigenvalue weighted by Gasteiger charge is -2.13. The zero-order valence-electron chi connectivity index (χ0n) is 10.5. The minimum absolute atomic E-state index is 0.161. The van der Waals surface area contributed by atoms with E-state index < -0.39 is 11.9 Å². The molecule has 1 unspecified atom stereocenters. The molecule has 0 heterocycles. The smallest absolute Gasteiger partial charge is 0.132 e. The monoisotopic (exact) mass is 262 g/mol. The van der Waals surface area contributed by atoms with Crippen LogP contribution in [0.2, 0.25) is 0 Å². The number of methoxy groups -OCH3 is 1. The zero-order valence-corrected chi connectivity index (χ0v) is 10.5. The Morgan fingerprint density at radius 1 is 1.16 bits per heavy atom. The highest BCUT2D eigenvalue weighted by Crippen LogP contribution is 2.25. The van der Waals surface area contributed by atoms with Gasteiger partial charge in [-0.3, -0.25) is 0 Å². The summed E-state index contributed by atoms with van der Waals surface area (Å²) in [6, 6.07) is 10.8. The molecule has 0 saturated carbocycles.